The average Bonchev–Trinajstić information content (AvgIpc) is 2.75. The second-order valence-electron chi connectivity index (χ2n) is 4.95. The third-order valence-electron chi connectivity index (χ3n) is 3.31. The van der Waals surface area contributed by atoms with Gasteiger partial charge < -0.3 is 10.6 Å². The van der Waals surface area contributed by atoms with Gasteiger partial charge in [0.2, 0.25) is 0 Å². The van der Waals surface area contributed by atoms with Gasteiger partial charge in [-0.1, -0.05) is 13.8 Å². The van der Waals surface area contributed by atoms with Gasteiger partial charge in [0, 0.05) is 25.3 Å². The van der Waals surface area contributed by atoms with E-state index in [4.69, 9.17) is 0 Å². The maximum atomic E-state index is 12.0. The van der Waals surface area contributed by atoms with Crippen LogP contribution in [0.1, 0.15) is 42.4 Å². The molecular formula is C13H19N3O. The predicted molar refractivity (Wildman–Crippen MR) is 66.5 cm³/mol. The van der Waals surface area contributed by atoms with Crippen molar-refractivity contribution in [2.75, 3.05) is 0 Å². The lowest BCUT2D eigenvalue weighted by atomic mass is 10.1. The normalized spacial score (nSPS) is 15.8. The van der Waals surface area contributed by atoms with Crippen LogP contribution in [0, 0.1) is 5.92 Å². The Hall–Kier alpha value is -1.42. The van der Waals surface area contributed by atoms with Crippen LogP contribution in [0.25, 0.3) is 0 Å². The summed E-state index contributed by atoms with van der Waals surface area (Å²) in [7, 11) is 0. The monoisotopic (exact) mass is 233 g/mol. The van der Waals surface area contributed by atoms with Crippen LogP contribution >= 0.6 is 0 Å². The number of hydrogen-bond acceptors (Lipinski definition) is 3. The van der Waals surface area contributed by atoms with E-state index in [9.17, 15) is 4.79 Å². The predicted octanol–water partition coefficient (Wildman–Crippen LogP) is 1.46. The Balaban J connectivity index is 2.10. The molecule has 92 valence electrons. The van der Waals surface area contributed by atoms with Gasteiger partial charge in [-0.3, -0.25) is 9.78 Å². The Kier molecular flexibility index (Phi) is 3.43. The van der Waals surface area contributed by atoms with Crippen LogP contribution in [0.15, 0.2) is 12.3 Å². The number of nitrogens with zero attached hydrogens (tertiary/aromatic N) is 1. The second kappa shape index (κ2) is 4.84. The molecule has 0 fully saturated rings. The first-order valence-corrected chi connectivity index (χ1v) is 6.07. The summed E-state index contributed by atoms with van der Waals surface area (Å²) in [4.78, 5) is 16.2. The molecule has 0 saturated carbocycles. The Morgan fingerprint density at radius 3 is 2.76 bits per heavy atom. The standard InChI is InChI=1S/C13H19N3O/c1-8(2)9(3)16-13(17)12-4-10-5-14-6-11(10)7-15-12/h4,7-9,14H,5-6H2,1-3H3,(H,16,17). The maximum absolute atomic E-state index is 12.0. The van der Waals surface area contributed by atoms with Crippen LogP contribution in [0.2, 0.25) is 0 Å². The molecule has 2 heterocycles. The third-order valence-corrected chi connectivity index (χ3v) is 3.31. The number of fused-ring (bicyclic) bond motifs is 1. The van der Waals surface area contributed by atoms with Crippen LogP contribution in [-0.2, 0) is 13.1 Å². The highest BCUT2D eigenvalue weighted by atomic mass is 16.1. The van der Waals surface area contributed by atoms with Crippen molar-refractivity contribution in [1.29, 1.82) is 0 Å². The van der Waals surface area contributed by atoms with E-state index in [0.717, 1.165) is 13.1 Å². The van der Waals surface area contributed by atoms with Gasteiger partial charge >= 0.3 is 0 Å². The van der Waals surface area contributed by atoms with E-state index in [-0.39, 0.29) is 11.9 Å². The Bertz CT molecular complexity index is 429. The number of rotatable bonds is 3. The zero-order valence-electron chi connectivity index (χ0n) is 10.6. The van der Waals surface area contributed by atoms with Crippen LogP contribution in [0.4, 0.5) is 0 Å². The number of amides is 1. The first-order chi connectivity index (χ1) is 8.08. The van der Waals surface area contributed by atoms with Gasteiger partial charge in [0.05, 0.1) is 0 Å². The van der Waals surface area contributed by atoms with Crippen molar-refractivity contribution >= 4 is 5.91 Å². The molecule has 0 saturated heterocycles. The lowest BCUT2D eigenvalue weighted by Gasteiger charge is -2.17. The minimum absolute atomic E-state index is 0.0825. The summed E-state index contributed by atoms with van der Waals surface area (Å²) in [5.74, 6) is 0.343. The minimum atomic E-state index is -0.0825. The lowest BCUT2D eigenvalue weighted by Crippen LogP contribution is -2.36. The highest BCUT2D eigenvalue weighted by molar-refractivity contribution is 5.92. The van der Waals surface area contributed by atoms with Crippen molar-refractivity contribution in [2.24, 2.45) is 5.92 Å². The number of pyridine rings is 1. The summed E-state index contributed by atoms with van der Waals surface area (Å²) in [6.07, 6.45) is 1.80. The van der Waals surface area contributed by atoms with Gasteiger partial charge in [0.25, 0.3) is 5.91 Å². The molecule has 1 unspecified atom stereocenters. The van der Waals surface area contributed by atoms with Crippen molar-refractivity contribution in [3.63, 3.8) is 0 Å². The number of carbonyl (C=O) groups excluding carboxylic acids is 1. The van der Waals surface area contributed by atoms with Crippen molar-refractivity contribution < 1.29 is 4.79 Å². The van der Waals surface area contributed by atoms with E-state index < -0.39 is 0 Å². The fourth-order valence-electron chi connectivity index (χ4n) is 1.75. The summed E-state index contributed by atoms with van der Waals surface area (Å²) in [6, 6.07) is 2.05. The summed E-state index contributed by atoms with van der Waals surface area (Å²) < 4.78 is 0. The average molecular weight is 233 g/mol. The molecule has 1 aliphatic rings. The van der Waals surface area contributed by atoms with Gasteiger partial charge in [0.15, 0.2) is 0 Å². The Morgan fingerprint density at radius 1 is 1.35 bits per heavy atom. The van der Waals surface area contributed by atoms with Crippen molar-refractivity contribution in [2.45, 2.75) is 39.9 Å². The molecule has 1 aliphatic heterocycles. The summed E-state index contributed by atoms with van der Waals surface area (Å²) in [5, 5.41) is 6.21. The largest absolute Gasteiger partial charge is 0.348 e. The molecule has 1 atom stereocenters. The summed E-state index contributed by atoms with van der Waals surface area (Å²) in [6.45, 7) is 7.87. The van der Waals surface area contributed by atoms with E-state index in [1.54, 1.807) is 6.20 Å². The van der Waals surface area contributed by atoms with Crippen LogP contribution < -0.4 is 10.6 Å². The molecule has 1 aromatic rings. The molecule has 0 bridgehead atoms. The van der Waals surface area contributed by atoms with E-state index in [1.165, 1.54) is 11.1 Å². The quantitative estimate of drug-likeness (QED) is 0.831. The Labute approximate surface area is 102 Å². The number of aromatic nitrogens is 1. The molecular weight excluding hydrogens is 214 g/mol. The second-order valence-corrected chi connectivity index (χ2v) is 4.95. The van der Waals surface area contributed by atoms with Gasteiger partial charge in [-0.05, 0) is 30.0 Å². The minimum Gasteiger partial charge on any atom is -0.348 e. The van der Waals surface area contributed by atoms with Crippen molar-refractivity contribution in [3.8, 4) is 0 Å². The molecule has 4 heteroatoms. The zero-order chi connectivity index (χ0) is 12.4. The topological polar surface area (TPSA) is 54.0 Å². The SMILES string of the molecule is CC(C)C(C)NC(=O)c1cc2c(cn1)CNC2. The van der Waals surface area contributed by atoms with E-state index in [2.05, 4.69) is 29.5 Å². The number of carbonyl (C=O) groups is 1. The molecule has 0 radical (unpaired) electrons. The summed E-state index contributed by atoms with van der Waals surface area (Å²) >= 11 is 0. The highest BCUT2D eigenvalue weighted by Gasteiger charge is 2.17. The van der Waals surface area contributed by atoms with Gasteiger partial charge in [0.1, 0.15) is 5.69 Å². The van der Waals surface area contributed by atoms with Crippen molar-refractivity contribution in [1.82, 2.24) is 15.6 Å². The van der Waals surface area contributed by atoms with E-state index >= 15 is 0 Å². The molecule has 0 spiro atoms. The molecule has 17 heavy (non-hydrogen) atoms. The van der Waals surface area contributed by atoms with E-state index in [1.807, 2.05) is 13.0 Å². The Morgan fingerprint density at radius 2 is 2.06 bits per heavy atom. The van der Waals surface area contributed by atoms with Gasteiger partial charge in [-0.15, -0.1) is 0 Å². The molecule has 1 aromatic heterocycles. The molecule has 4 nitrogen and oxygen atoms in total. The first-order valence-electron chi connectivity index (χ1n) is 6.07. The zero-order valence-corrected chi connectivity index (χ0v) is 10.6. The highest BCUT2D eigenvalue weighted by Crippen LogP contribution is 2.15. The number of hydrogen-bond donors (Lipinski definition) is 2. The lowest BCUT2D eigenvalue weighted by molar-refractivity contribution is 0.0925. The summed E-state index contributed by atoms with van der Waals surface area (Å²) in [5.41, 5.74) is 2.89. The smallest absolute Gasteiger partial charge is 0.270 e. The van der Waals surface area contributed by atoms with Crippen LogP contribution in [0.3, 0.4) is 0 Å². The van der Waals surface area contributed by atoms with Crippen LogP contribution in [-0.4, -0.2) is 16.9 Å². The van der Waals surface area contributed by atoms with Crippen molar-refractivity contribution in [3.05, 3.63) is 29.1 Å². The number of nitrogens with one attached hydrogen (secondary N) is 2. The molecule has 0 aromatic carbocycles. The van der Waals surface area contributed by atoms with E-state index in [0.29, 0.717) is 11.6 Å². The molecule has 1 amide bonds. The molecule has 2 rings (SSSR count). The maximum Gasteiger partial charge on any atom is 0.270 e. The van der Waals surface area contributed by atoms with Gasteiger partial charge in [-0.2, -0.15) is 0 Å². The molecule has 2 N–H and O–H groups in total. The fourth-order valence-corrected chi connectivity index (χ4v) is 1.75. The van der Waals surface area contributed by atoms with Crippen LogP contribution in [0.5, 0.6) is 0 Å². The first kappa shape index (κ1) is 12.0. The fraction of sp³-hybridized carbons (Fsp3) is 0.538. The molecule has 0 aliphatic carbocycles. The van der Waals surface area contributed by atoms with Gasteiger partial charge in [-0.25, -0.2) is 0 Å². The third kappa shape index (κ3) is 2.64.